The number of rotatable bonds is 2. The first kappa shape index (κ1) is 14.7. The molecule has 1 heterocycles. The quantitative estimate of drug-likeness (QED) is 0.729. The summed E-state index contributed by atoms with van der Waals surface area (Å²) < 4.78 is 5.25. The first-order valence-electron chi connectivity index (χ1n) is 6.95. The van der Waals surface area contributed by atoms with Gasteiger partial charge in [0.05, 0.1) is 19.1 Å². The number of urea groups is 1. The van der Waals surface area contributed by atoms with E-state index in [1.165, 1.54) is 0 Å². The number of ether oxygens (including phenoxy) is 1. The molecule has 2 amide bonds. The SMILES string of the molecule is C#CC1COCCN1C(=O)NC1CCC(C(=O)O)CC1. The Kier molecular flexibility index (Phi) is 4.85. The van der Waals surface area contributed by atoms with Gasteiger partial charge in [0.2, 0.25) is 0 Å². The maximum absolute atomic E-state index is 12.2. The molecule has 1 aliphatic heterocycles. The molecule has 2 fully saturated rings. The van der Waals surface area contributed by atoms with Gasteiger partial charge in [-0.05, 0) is 25.7 Å². The lowest BCUT2D eigenvalue weighted by molar-refractivity contribution is -0.142. The number of terminal acetylenes is 1. The zero-order chi connectivity index (χ0) is 14.5. The van der Waals surface area contributed by atoms with Gasteiger partial charge in [0.1, 0.15) is 6.04 Å². The van der Waals surface area contributed by atoms with Crippen LogP contribution in [0.25, 0.3) is 0 Å². The number of carbonyl (C=O) groups excluding carboxylic acids is 1. The van der Waals surface area contributed by atoms with Crippen LogP contribution in [0.4, 0.5) is 4.79 Å². The van der Waals surface area contributed by atoms with Crippen molar-refractivity contribution in [1.82, 2.24) is 10.2 Å². The largest absolute Gasteiger partial charge is 0.481 e. The fourth-order valence-electron chi connectivity index (χ4n) is 2.73. The molecular weight excluding hydrogens is 260 g/mol. The summed E-state index contributed by atoms with van der Waals surface area (Å²) >= 11 is 0. The molecule has 0 spiro atoms. The minimum absolute atomic E-state index is 0.0411. The Balaban J connectivity index is 1.83. The average molecular weight is 280 g/mol. The van der Waals surface area contributed by atoms with Crippen molar-refractivity contribution in [3.63, 3.8) is 0 Å². The topological polar surface area (TPSA) is 78.9 Å². The van der Waals surface area contributed by atoms with Gasteiger partial charge in [-0.25, -0.2) is 4.79 Å². The number of carbonyl (C=O) groups is 2. The molecule has 0 aromatic carbocycles. The first-order chi connectivity index (χ1) is 9.61. The van der Waals surface area contributed by atoms with E-state index in [0.29, 0.717) is 45.4 Å². The lowest BCUT2D eigenvalue weighted by atomic mass is 9.86. The number of nitrogens with one attached hydrogen (secondary N) is 1. The van der Waals surface area contributed by atoms with Crippen LogP contribution in [0.3, 0.4) is 0 Å². The third kappa shape index (κ3) is 3.42. The second-order valence-electron chi connectivity index (χ2n) is 5.29. The molecule has 0 aromatic rings. The molecule has 0 bridgehead atoms. The van der Waals surface area contributed by atoms with Crippen LogP contribution in [-0.4, -0.2) is 53.8 Å². The fraction of sp³-hybridized carbons (Fsp3) is 0.714. The molecule has 1 atom stereocenters. The highest BCUT2D eigenvalue weighted by Crippen LogP contribution is 2.24. The lowest BCUT2D eigenvalue weighted by Crippen LogP contribution is -2.54. The maximum atomic E-state index is 12.2. The third-order valence-corrected chi connectivity index (χ3v) is 3.99. The number of carboxylic acids is 1. The van der Waals surface area contributed by atoms with Crippen molar-refractivity contribution in [3.8, 4) is 12.3 Å². The Morgan fingerprint density at radius 1 is 1.30 bits per heavy atom. The molecule has 2 N–H and O–H groups in total. The van der Waals surface area contributed by atoms with Crippen LogP contribution >= 0.6 is 0 Å². The van der Waals surface area contributed by atoms with Crippen molar-refractivity contribution < 1.29 is 19.4 Å². The first-order valence-corrected chi connectivity index (χ1v) is 6.95. The number of amides is 2. The molecule has 110 valence electrons. The molecule has 0 aromatic heterocycles. The van der Waals surface area contributed by atoms with Gasteiger partial charge in [0, 0.05) is 12.6 Å². The summed E-state index contributed by atoms with van der Waals surface area (Å²) in [5.74, 6) is 1.54. The highest BCUT2D eigenvalue weighted by atomic mass is 16.5. The van der Waals surface area contributed by atoms with Gasteiger partial charge in [-0.1, -0.05) is 5.92 Å². The van der Waals surface area contributed by atoms with E-state index in [9.17, 15) is 9.59 Å². The van der Waals surface area contributed by atoms with Crippen molar-refractivity contribution in [2.75, 3.05) is 19.8 Å². The van der Waals surface area contributed by atoms with E-state index >= 15 is 0 Å². The van der Waals surface area contributed by atoms with Gasteiger partial charge < -0.3 is 20.1 Å². The van der Waals surface area contributed by atoms with Gasteiger partial charge >= 0.3 is 12.0 Å². The number of nitrogens with zero attached hydrogens (tertiary/aromatic N) is 1. The molecule has 6 nitrogen and oxygen atoms in total. The highest BCUT2D eigenvalue weighted by molar-refractivity contribution is 5.75. The monoisotopic (exact) mass is 280 g/mol. The van der Waals surface area contributed by atoms with Gasteiger partial charge in [-0.2, -0.15) is 0 Å². The minimum atomic E-state index is -0.740. The van der Waals surface area contributed by atoms with Crippen LogP contribution in [-0.2, 0) is 9.53 Å². The Bertz CT molecular complexity index is 410. The number of hydrogen-bond donors (Lipinski definition) is 2. The van der Waals surface area contributed by atoms with Crippen LogP contribution in [0.2, 0.25) is 0 Å². The van der Waals surface area contributed by atoms with Gasteiger partial charge in [0.15, 0.2) is 0 Å². The summed E-state index contributed by atoms with van der Waals surface area (Å²) in [5.41, 5.74) is 0. The van der Waals surface area contributed by atoms with Crippen LogP contribution in [0.5, 0.6) is 0 Å². The van der Waals surface area contributed by atoms with E-state index in [1.807, 2.05) is 0 Å². The number of aliphatic carboxylic acids is 1. The van der Waals surface area contributed by atoms with Gasteiger partial charge in [-0.3, -0.25) is 4.79 Å². The summed E-state index contributed by atoms with van der Waals surface area (Å²) in [7, 11) is 0. The number of morpholine rings is 1. The summed E-state index contributed by atoms with van der Waals surface area (Å²) in [6.45, 7) is 1.36. The Hall–Kier alpha value is -1.74. The number of carboxylic acid groups (broad SMARTS) is 1. The molecule has 2 rings (SSSR count). The molecule has 1 unspecified atom stereocenters. The smallest absolute Gasteiger partial charge is 0.318 e. The molecule has 1 saturated carbocycles. The normalized spacial score (nSPS) is 30.4. The summed E-state index contributed by atoms with van der Waals surface area (Å²) in [5, 5.41) is 11.9. The van der Waals surface area contributed by atoms with Gasteiger partial charge in [-0.15, -0.1) is 6.42 Å². The van der Waals surface area contributed by atoms with E-state index in [1.54, 1.807) is 4.90 Å². The highest BCUT2D eigenvalue weighted by Gasteiger charge is 2.30. The summed E-state index contributed by atoms with van der Waals surface area (Å²) in [4.78, 5) is 24.7. The van der Waals surface area contributed by atoms with Crippen LogP contribution in [0.1, 0.15) is 25.7 Å². The molecule has 6 heteroatoms. The maximum Gasteiger partial charge on any atom is 0.318 e. The molecule has 0 radical (unpaired) electrons. The van der Waals surface area contributed by atoms with Crippen molar-refractivity contribution >= 4 is 12.0 Å². The summed E-state index contributed by atoms with van der Waals surface area (Å²) in [6.07, 6.45) is 8.03. The Morgan fingerprint density at radius 2 is 2.00 bits per heavy atom. The second-order valence-corrected chi connectivity index (χ2v) is 5.29. The Labute approximate surface area is 118 Å². The van der Waals surface area contributed by atoms with Crippen molar-refractivity contribution in [2.45, 2.75) is 37.8 Å². The Morgan fingerprint density at radius 3 is 2.60 bits per heavy atom. The van der Waals surface area contributed by atoms with Crippen molar-refractivity contribution in [3.05, 3.63) is 0 Å². The molecule has 1 aliphatic carbocycles. The van der Waals surface area contributed by atoms with E-state index in [2.05, 4.69) is 11.2 Å². The average Bonchev–Trinajstić information content (AvgIpc) is 2.47. The predicted molar refractivity (Wildman–Crippen MR) is 72.1 cm³/mol. The molecule has 20 heavy (non-hydrogen) atoms. The molecule has 1 saturated heterocycles. The van der Waals surface area contributed by atoms with Crippen LogP contribution in [0, 0.1) is 18.3 Å². The minimum Gasteiger partial charge on any atom is -0.481 e. The van der Waals surface area contributed by atoms with E-state index in [0.717, 1.165) is 0 Å². The van der Waals surface area contributed by atoms with E-state index < -0.39 is 5.97 Å². The zero-order valence-corrected chi connectivity index (χ0v) is 11.4. The van der Waals surface area contributed by atoms with Crippen molar-refractivity contribution in [1.29, 1.82) is 0 Å². The number of hydrogen-bond acceptors (Lipinski definition) is 3. The van der Waals surface area contributed by atoms with Crippen LogP contribution < -0.4 is 5.32 Å². The van der Waals surface area contributed by atoms with E-state index in [-0.39, 0.29) is 24.0 Å². The zero-order valence-electron chi connectivity index (χ0n) is 11.4. The standard InChI is InChI=1S/C14H20N2O4/c1-2-12-9-20-8-7-16(12)14(19)15-11-5-3-10(4-6-11)13(17)18/h1,10-12H,3-9H2,(H,15,19)(H,17,18). The predicted octanol–water partition coefficient (Wildman–Crippen LogP) is 0.673. The fourth-order valence-corrected chi connectivity index (χ4v) is 2.73. The van der Waals surface area contributed by atoms with Crippen LogP contribution in [0.15, 0.2) is 0 Å². The molecule has 2 aliphatic rings. The van der Waals surface area contributed by atoms with E-state index in [4.69, 9.17) is 16.3 Å². The second kappa shape index (κ2) is 6.62. The van der Waals surface area contributed by atoms with Gasteiger partial charge in [0.25, 0.3) is 0 Å². The third-order valence-electron chi connectivity index (χ3n) is 3.99. The summed E-state index contributed by atoms with van der Waals surface area (Å²) in [6, 6.07) is -0.450. The van der Waals surface area contributed by atoms with Crippen molar-refractivity contribution in [2.24, 2.45) is 5.92 Å². The molecular formula is C14H20N2O4. The lowest BCUT2D eigenvalue weighted by Gasteiger charge is -2.35.